The van der Waals surface area contributed by atoms with Crippen LogP contribution in [0.1, 0.15) is 59.3 Å². The van der Waals surface area contributed by atoms with E-state index in [2.05, 4.69) is 13.8 Å². The van der Waals surface area contributed by atoms with Crippen molar-refractivity contribution in [3.63, 3.8) is 0 Å². The van der Waals surface area contributed by atoms with Crippen molar-refractivity contribution in [1.82, 2.24) is 4.90 Å². The van der Waals surface area contributed by atoms with Gasteiger partial charge in [0.2, 0.25) is 0 Å². The summed E-state index contributed by atoms with van der Waals surface area (Å²) in [5, 5.41) is 0. The zero-order valence-corrected chi connectivity index (χ0v) is 13.4. The van der Waals surface area contributed by atoms with Gasteiger partial charge in [-0.15, -0.1) is 0 Å². The van der Waals surface area contributed by atoms with E-state index in [1.165, 1.54) is 12.8 Å². The van der Waals surface area contributed by atoms with Gasteiger partial charge in [-0.25, -0.2) is 4.79 Å². The second-order valence-electron chi connectivity index (χ2n) is 5.60. The first-order chi connectivity index (χ1) is 9.72. The largest absolute Gasteiger partial charge is 0.450 e. The Labute approximate surface area is 123 Å². The zero-order valence-electron chi connectivity index (χ0n) is 13.4. The number of hydrogen-bond acceptors (Lipinski definition) is 3. The molecular formula is C16H31NO3. The molecular weight excluding hydrogens is 254 g/mol. The summed E-state index contributed by atoms with van der Waals surface area (Å²) in [6.07, 6.45) is 6.87. The molecule has 1 heterocycles. The molecule has 0 aromatic heterocycles. The molecule has 0 N–H and O–H groups in total. The SMILES string of the molecule is CCCC[C@H]1OCC[C@@H]1CN(CCCC)C(=O)OCC. The summed E-state index contributed by atoms with van der Waals surface area (Å²) in [7, 11) is 0. The van der Waals surface area contributed by atoms with Crippen LogP contribution in [0, 0.1) is 5.92 Å². The van der Waals surface area contributed by atoms with E-state index in [1.807, 2.05) is 11.8 Å². The summed E-state index contributed by atoms with van der Waals surface area (Å²) >= 11 is 0. The molecule has 4 heteroatoms. The average Bonchev–Trinajstić information content (AvgIpc) is 2.88. The molecule has 0 aromatic carbocycles. The molecule has 0 bridgehead atoms. The number of unbranched alkanes of at least 4 members (excludes halogenated alkanes) is 2. The van der Waals surface area contributed by atoms with Crippen molar-refractivity contribution < 1.29 is 14.3 Å². The number of hydrogen-bond donors (Lipinski definition) is 0. The summed E-state index contributed by atoms with van der Waals surface area (Å²) in [6, 6.07) is 0. The summed E-state index contributed by atoms with van der Waals surface area (Å²) < 4.78 is 11.0. The van der Waals surface area contributed by atoms with Crippen LogP contribution in [0.15, 0.2) is 0 Å². The normalized spacial score (nSPS) is 21.9. The molecule has 20 heavy (non-hydrogen) atoms. The van der Waals surface area contributed by atoms with Gasteiger partial charge in [0, 0.05) is 25.6 Å². The molecule has 1 aliphatic rings. The average molecular weight is 285 g/mol. The van der Waals surface area contributed by atoms with Gasteiger partial charge in [-0.05, 0) is 26.2 Å². The van der Waals surface area contributed by atoms with E-state index >= 15 is 0 Å². The highest BCUT2D eigenvalue weighted by molar-refractivity contribution is 5.67. The van der Waals surface area contributed by atoms with Gasteiger partial charge >= 0.3 is 6.09 Å². The van der Waals surface area contributed by atoms with Gasteiger partial charge in [-0.2, -0.15) is 0 Å². The molecule has 118 valence electrons. The Kier molecular flexibility index (Phi) is 8.67. The third kappa shape index (κ3) is 5.70. The second kappa shape index (κ2) is 10.0. The van der Waals surface area contributed by atoms with Crippen molar-refractivity contribution >= 4 is 6.09 Å². The van der Waals surface area contributed by atoms with Gasteiger partial charge in [0.05, 0.1) is 12.7 Å². The molecule has 0 radical (unpaired) electrons. The van der Waals surface area contributed by atoms with Crippen LogP contribution in [-0.2, 0) is 9.47 Å². The van der Waals surface area contributed by atoms with E-state index in [9.17, 15) is 4.79 Å². The number of carbonyl (C=O) groups is 1. The summed E-state index contributed by atoms with van der Waals surface area (Å²) in [4.78, 5) is 13.9. The Morgan fingerprint density at radius 2 is 2.00 bits per heavy atom. The Morgan fingerprint density at radius 1 is 1.25 bits per heavy atom. The van der Waals surface area contributed by atoms with Gasteiger partial charge in [0.1, 0.15) is 0 Å². The number of amides is 1. The molecule has 0 spiro atoms. The molecule has 2 atom stereocenters. The molecule has 0 saturated carbocycles. The second-order valence-corrected chi connectivity index (χ2v) is 5.60. The topological polar surface area (TPSA) is 38.8 Å². The first kappa shape index (κ1) is 17.3. The van der Waals surface area contributed by atoms with Gasteiger partial charge in [-0.3, -0.25) is 0 Å². The predicted octanol–water partition coefficient (Wildman–Crippen LogP) is 3.84. The lowest BCUT2D eigenvalue weighted by atomic mass is 9.96. The molecule has 4 nitrogen and oxygen atoms in total. The van der Waals surface area contributed by atoms with Crippen molar-refractivity contribution in [2.75, 3.05) is 26.3 Å². The standard InChI is InChI=1S/C16H31NO3/c1-4-7-9-15-14(10-12-20-15)13-17(11-8-5-2)16(18)19-6-3/h14-15H,4-13H2,1-3H3/t14-,15-/m1/s1. The van der Waals surface area contributed by atoms with Crippen molar-refractivity contribution in [2.45, 2.75) is 65.4 Å². The van der Waals surface area contributed by atoms with E-state index in [0.29, 0.717) is 18.6 Å². The highest BCUT2D eigenvalue weighted by Crippen LogP contribution is 2.26. The molecule has 0 aliphatic carbocycles. The third-order valence-corrected chi connectivity index (χ3v) is 3.95. The monoisotopic (exact) mass is 285 g/mol. The van der Waals surface area contributed by atoms with Crippen LogP contribution in [-0.4, -0.2) is 43.4 Å². The van der Waals surface area contributed by atoms with Crippen molar-refractivity contribution in [3.05, 3.63) is 0 Å². The Morgan fingerprint density at radius 3 is 2.65 bits per heavy atom. The fraction of sp³-hybridized carbons (Fsp3) is 0.938. The van der Waals surface area contributed by atoms with E-state index in [0.717, 1.165) is 45.4 Å². The fourth-order valence-corrected chi connectivity index (χ4v) is 2.73. The maximum absolute atomic E-state index is 12.0. The summed E-state index contributed by atoms with van der Waals surface area (Å²) in [5.41, 5.74) is 0. The molecule has 1 rings (SSSR count). The van der Waals surface area contributed by atoms with Crippen molar-refractivity contribution in [2.24, 2.45) is 5.92 Å². The number of nitrogens with zero attached hydrogens (tertiary/aromatic N) is 1. The van der Waals surface area contributed by atoms with E-state index in [1.54, 1.807) is 0 Å². The van der Waals surface area contributed by atoms with Crippen LogP contribution in [0.25, 0.3) is 0 Å². The van der Waals surface area contributed by atoms with Gasteiger partial charge in [-0.1, -0.05) is 33.1 Å². The Hall–Kier alpha value is -0.770. The fourth-order valence-electron chi connectivity index (χ4n) is 2.73. The minimum Gasteiger partial charge on any atom is -0.450 e. The van der Waals surface area contributed by atoms with E-state index < -0.39 is 0 Å². The lowest BCUT2D eigenvalue weighted by molar-refractivity contribution is 0.0623. The maximum atomic E-state index is 12.0. The van der Waals surface area contributed by atoms with Crippen molar-refractivity contribution in [3.8, 4) is 0 Å². The minimum absolute atomic E-state index is 0.165. The summed E-state index contributed by atoms with van der Waals surface area (Å²) in [5.74, 6) is 0.475. The minimum atomic E-state index is -0.165. The highest BCUT2D eigenvalue weighted by atomic mass is 16.6. The maximum Gasteiger partial charge on any atom is 0.409 e. The molecule has 0 unspecified atom stereocenters. The smallest absolute Gasteiger partial charge is 0.409 e. The number of rotatable bonds is 9. The van der Waals surface area contributed by atoms with Crippen LogP contribution in [0.5, 0.6) is 0 Å². The van der Waals surface area contributed by atoms with Gasteiger partial charge in [0.25, 0.3) is 0 Å². The van der Waals surface area contributed by atoms with Crippen LogP contribution in [0.3, 0.4) is 0 Å². The quantitative estimate of drug-likeness (QED) is 0.646. The molecule has 1 amide bonds. The van der Waals surface area contributed by atoms with Crippen LogP contribution in [0.2, 0.25) is 0 Å². The Bertz CT molecular complexity index is 270. The summed E-state index contributed by atoms with van der Waals surface area (Å²) in [6.45, 7) is 9.08. The van der Waals surface area contributed by atoms with Crippen LogP contribution >= 0.6 is 0 Å². The molecule has 1 aliphatic heterocycles. The van der Waals surface area contributed by atoms with Crippen LogP contribution in [0.4, 0.5) is 4.79 Å². The van der Waals surface area contributed by atoms with Gasteiger partial charge < -0.3 is 14.4 Å². The first-order valence-electron chi connectivity index (χ1n) is 8.26. The third-order valence-electron chi connectivity index (χ3n) is 3.95. The molecule has 1 fully saturated rings. The van der Waals surface area contributed by atoms with Crippen molar-refractivity contribution in [1.29, 1.82) is 0 Å². The lowest BCUT2D eigenvalue weighted by Crippen LogP contribution is -2.38. The number of ether oxygens (including phenoxy) is 2. The van der Waals surface area contributed by atoms with Crippen LogP contribution < -0.4 is 0 Å². The predicted molar refractivity (Wildman–Crippen MR) is 80.9 cm³/mol. The molecule has 0 aromatic rings. The Balaban J connectivity index is 2.51. The first-order valence-corrected chi connectivity index (χ1v) is 8.26. The molecule has 1 saturated heterocycles. The number of carbonyl (C=O) groups excluding carboxylic acids is 1. The zero-order chi connectivity index (χ0) is 14.8. The lowest BCUT2D eigenvalue weighted by Gasteiger charge is -2.27. The van der Waals surface area contributed by atoms with Gasteiger partial charge in [0.15, 0.2) is 0 Å². The highest BCUT2D eigenvalue weighted by Gasteiger charge is 2.30. The van der Waals surface area contributed by atoms with E-state index in [4.69, 9.17) is 9.47 Å². The van der Waals surface area contributed by atoms with E-state index in [-0.39, 0.29) is 6.09 Å².